The highest BCUT2D eigenvalue weighted by Gasteiger charge is 2.17. The normalized spacial score (nSPS) is 17.6. The van der Waals surface area contributed by atoms with Gasteiger partial charge >= 0.3 is 0 Å². The first-order chi connectivity index (χ1) is 13.3. The second-order valence-corrected chi connectivity index (χ2v) is 7.02. The molecular weight excluding hydrogens is 340 g/mol. The zero-order chi connectivity index (χ0) is 18.5. The Morgan fingerprint density at radius 1 is 0.926 bits per heavy atom. The number of aromatic nitrogens is 1. The fourth-order valence-corrected chi connectivity index (χ4v) is 3.68. The largest absolute Gasteiger partial charge is 0.378 e. The molecule has 6 nitrogen and oxygen atoms in total. The molecule has 0 spiro atoms. The van der Waals surface area contributed by atoms with E-state index >= 15 is 0 Å². The van der Waals surface area contributed by atoms with Crippen LogP contribution in [-0.4, -0.2) is 50.3 Å². The lowest BCUT2D eigenvalue weighted by Gasteiger charge is -2.30. The number of rotatable bonds is 4. The average Bonchev–Trinajstić information content (AvgIpc) is 2.75. The first kappa shape index (κ1) is 17.8. The maximum atomic E-state index is 12.7. The summed E-state index contributed by atoms with van der Waals surface area (Å²) in [6.45, 7) is 5.18. The van der Waals surface area contributed by atoms with Crippen LogP contribution in [-0.2, 0) is 4.74 Å². The molecule has 0 saturated carbocycles. The number of hydrogen-bond donors (Lipinski definition) is 1. The third-order valence-electron chi connectivity index (χ3n) is 5.19. The number of anilines is 3. The molecule has 2 aromatic rings. The number of hydrogen-bond acceptors (Lipinski definition) is 5. The molecule has 1 aromatic carbocycles. The van der Waals surface area contributed by atoms with Crippen molar-refractivity contribution in [2.75, 3.05) is 54.5 Å². The Bertz CT molecular complexity index is 766. The average molecular weight is 366 g/mol. The van der Waals surface area contributed by atoms with Gasteiger partial charge in [-0.2, -0.15) is 0 Å². The molecule has 6 heteroatoms. The van der Waals surface area contributed by atoms with E-state index in [4.69, 9.17) is 4.74 Å². The van der Waals surface area contributed by atoms with Crippen LogP contribution in [0.5, 0.6) is 0 Å². The van der Waals surface area contributed by atoms with E-state index in [2.05, 4.69) is 20.1 Å². The third kappa shape index (κ3) is 4.22. The number of amides is 1. The summed E-state index contributed by atoms with van der Waals surface area (Å²) >= 11 is 0. The van der Waals surface area contributed by atoms with Gasteiger partial charge in [-0.3, -0.25) is 4.79 Å². The number of nitrogens with one attached hydrogen (secondary N) is 1. The van der Waals surface area contributed by atoms with E-state index < -0.39 is 0 Å². The second-order valence-electron chi connectivity index (χ2n) is 7.02. The fourth-order valence-electron chi connectivity index (χ4n) is 3.68. The van der Waals surface area contributed by atoms with Gasteiger partial charge in [0.25, 0.3) is 5.91 Å². The Hall–Kier alpha value is -2.60. The first-order valence-electron chi connectivity index (χ1n) is 9.75. The molecule has 2 aliphatic heterocycles. The van der Waals surface area contributed by atoms with Crippen LogP contribution in [0.25, 0.3) is 0 Å². The van der Waals surface area contributed by atoms with Crippen LogP contribution in [0.2, 0.25) is 0 Å². The molecule has 3 heterocycles. The summed E-state index contributed by atoms with van der Waals surface area (Å²) in [7, 11) is 0. The van der Waals surface area contributed by atoms with E-state index in [0.717, 1.165) is 43.4 Å². The number of piperidine rings is 1. The van der Waals surface area contributed by atoms with Crippen LogP contribution in [0.4, 0.5) is 17.2 Å². The van der Waals surface area contributed by atoms with Crippen molar-refractivity contribution >= 4 is 23.1 Å². The minimum absolute atomic E-state index is 0.131. The number of benzene rings is 1. The van der Waals surface area contributed by atoms with Gasteiger partial charge in [-0.1, -0.05) is 12.1 Å². The Morgan fingerprint density at radius 3 is 2.44 bits per heavy atom. The molecule has 2 saturated heterocycles. The van der Waals surface area contributed by atoms with E-state index in [1.807, 2.05) is 36.4 Å². The van der Waals surface area contributed by atoms with Crippen molar-refractivity contribution in [3.63, 3.8) is 0 Å². The van der Waals surface area contributed by atoms with Crippen LogP contribution in [0.1, 0.15) is 29.6 Å². The molecule has 0 atom stereocenters. The minimum atomic E-state index is -0.131. The molecule has 1 amide bonds. The molecule has 4 rings (SSSR count). The number of carbonyl (C=O) groups excluding carboxylic acids is 1. The minimum Gasteiger partial charge on any atom is -0.378 e. The van der Waals surface area contributed by atoms with E-state index in [1.54, 1.807) is 6.20 Å². The van der Waals surface area contributed by atoms with Crippen LogP contribution in [0.15, 0.2) is 42.6 Å². The molecule has 27 heavy (non-hydrogen) atoms. The van der Waals surface area contributed by atoms with Crippen molar-refractivity contribution < 1.29 is 9.53 Å². The highest BCUT2D eigenvalue weighted by atomic mass is 16.5. The number of pyridine rings is 1. The van der Waals surface area contributed by atoms with Gasteiger partial charge in [0.1, 0.15) is 5.82 Å². The highest BCUT2D eigenvalue weighted by Crippen LogP contribution is 2.27. The molecule has 0 aliphatic carbocycles. The van der Waals surface area contributed by atoms with Gasteiger partial charge in [-0.05, 0) is 43.5 Å². The van der Waals surface area contributed by atoms with Crippen molar-refractivity contribution in [3.05, 3.63) is 48.2 Å². The molecule has 142 valence electrons. The summed E-state index contributed by atoms with van der Waals surface area (Å²) in [5.74, 6) is 0.827. The Morgan fingerprint density at radius 2 is 1.70 bits per heavy atom. The van der Waals surface area contributed by atoms with E-state index in [0.29, 0.717) is 18.8 Å². The van der Waals surface area contributed by atoms with Gasteiger partial charge in [-0.15, -0.1) is 0 Å². The summed E-state index contributed by atoms with van der Waals surface area (Å²) in [6, 6.07) is 11.7. The predicted molar refractivity (Wildman–Crippen MR) is 108 cm³/mol. The van der Waals surface area contributed by atoms with Gasteiger partial charge in [0.15, 0.2) is 0 Å². The topological polar surface area (TPSA) is 57.7 Å². The Kier molecular flexibility index (Phi) is 5.53. The maximum Gasteiger partial charge on any atom is 0.257 e. The number of morpholine rings is 1. The number of ether oxygens (including phenoxy) is 1. The lowest BCUT2D eigenvalue weighted by molar-refractivity contribution is 0.102. The highest BCUT2D eigenvalue weighted by molar-refractivity contribution is 6.05. The predicted octanol–water partition coefficient (Wildman–Crippen LogP) is 3.16. The van der Waals surface area contributed by atoms with E-state index in [9.17, 15) is 4.79 Å². The van der Waals surface area contributed by atoms with E-state index in [-0.39, 0.29) is 5.91 Å². The SMILES string of the molecule is O=C(Nc1ccccc1N1CCOCC1)c1ccc(N2CCCCC2)nc1. The molecule has 1 N–H and O–H groups in total. The van der Waals surface area contributed by atoms with Gasteiger partial charge in [0.2, 0.25) is 0 Å². The van der Waals surface area contributed by atoms with Crippen LogP contribution < -0.4 is 15.1 Å². The summed E-state index contributed by atoms with van der Waals surface area (Å²) in [6.07, 6.45) is 5.39. The molecule has 2 aliphatic rings. The van der Waals surface area contributed by atoms with Crippen molar-refractivity contribution in [1.82, 2.24) is 4.98 Å². The van der Waals surface area contributed by atoms with Gasteiger partial charge in [0.05, 0.1) is 30.2 Å². The van der Waals surface area contributed by atoms with Gasteiger partial charge in [-0.25, -0.2) is 4.98 Å². The van der Waals surface area contributed by atoms with Crippen LogP contribution in [0, 0.1) is 0 Å². The van der Waals surface area contributed by atoms with Crippen molar-refractivity contribution in [1.29, 1.82) is 0 Å². The standard InChI is InChI=1S/C21H26N4O2/c26-21(17-8-9-20(22-16-17)25-10-4-1-5-11-25)23-18-6-2-3-7-19(18)24-12-14-27-15-13-24/h2-3,6-9,16H,1,4-5,10-15H2,(H,23,26). The number of para-hydroxylation sites is 2. The van der Waals surface area contributed by atoms with Crippen molar-refractivity contribution in [2.24, 2.45) is 0 Å². The van der Waals surface area contributed by atoms with Crippen molar-refractivity contribution in [2.45, 2.75) is 19.3 Å². The molecular formula is C21H26N4O2. The summed E-state index contributed by atoms with van der Waals surface area (Å²) < 4.78 is 5.43. The zero-order valence-corrected chi connectivity index (χ0v) is 15.6. The molecule has 0 unspecified atom stereocenters. The second kappa shape index (κ2) is 8.39. The number of carbonyl (C=O) groups is 1. The zero-order valence-electron chi connectivity index (χ0n) is 15.6. The van der Waals surface area contributed by atoms with Gasteiger partial charge in [0, 0.05) is 32.4 Å². The maximum absolute atomic E-state index is 12.7. The Labute approximate surface area is 160 Å². The molecule has 0 radical (unpaired) electrons. The lowest BCUT2D eigenvalue weighted by Crippen LogP contribution is -2.36. The van der Waals surface area contributed by atoms with Crippen molar-refractivity contribution in [3.8, 4) is 0 Å². The molecule has 2 fully saturated rings. The first-order valence-corrected chi connectivity index (χ1v) is 9.75. The third-order valence-corrected chi connectivity index (χ3v) is 5.19. The molecule has 1 aromatic heterocycles. The smallest absolute Gasteiger partial charge is 0.257 e. The molecule has 0 bridgehead atoms. The monoisotopic (exact) mass is 366 g/mol. The summed E-state index contributed by atoms with van der Waals surface area (Å²) in [4.78, 5) is 21.8. The van der Waals surface area contributed by atoms with Crippen LogP contribution >= 0.6 is 0 Å². The van der Waals surface area contributed by atoms with Crippen LogP contribution in [0.3, 0.4) is 0 Å². The fraction of sp³-hybridized carbons (Fsp3) is 0.429. The lowest BCUT2D eigenvalue weighted by atomic mass is 10.1. The summed E-state index contributed by atoms with van der Waals surface area (Å²) in [5.41, 5.74) is 2.43. The number of nitrogens with zero attached hydrogens (tertiary/aromatic N) is 3. The van der Waals surface area contributed by atoms with E-state index in [1.165, 1.54) is 19.3 Å². The van der Waals surface area contributed by atoms with Gasteiger partial charge < -0.3 is 19.9 Å². The summed E-state index contributed by atoms with van der Waals surface area (Å²) in [5, 5.41) is 3.05. The quantitative estimate of drug-likeness (QED) is 0.901. The Balaban J connectivity index is 1.46.